The zero-order chi connectivity index (χ0) is 13.1. The maximum absolute atomic E-state index is 12.3. The van der Waals surface area contributed by atoms with Crippen molar-refractivity contribution in [3.63, 3.8) is 0 Å². The largest absolute Gasteiger partial charge is 0.394 e. The van der Waals surface area contributed by atoms with E-state index in [2.05, 4.69) is 4.72 Å². The number of rotatable bonds is 4. The number of ether oxygens (including phenoxy) is 1. The van der Waals surface area contributed by atoms with Crippen molar-refractivity contribution in [2.45, 2.75) is 55.7 Å². The van der Waals surface area contributed by atoms with Crippen molar-refractivity contribution in [2.75, 3.05) is 19.8 Å². The molecular weight excluding hydrogens is 254 g/mol. The van der Waals surface area contributed by atoms with E-state index in [9.17, 15) is 13.5 Å². The molecule has 0 atom stereocenters. The molecule has 2 fully saturated rings. The third-order valence-corrected chi connectivity index (χ3v) is 6.15. The van der Waals surface area contributed by atoms with Gasteiger partial charge in [-0.2, -0.15) is 0 Å². The molecule has 1 saturated carbocycles. The molecule has 1 aliphatic heterocycles. The van der Waals surface area contributed by atoms with Crippen molar-refractivity contribution in [3.05, 3.63) is 0 Å². The van der Waals surface area contributed by atoms with Gasteiger partial charge in [-0.1, -0.05) is 19.3 Å². The van der Waals surface area contributed by atoms with Crippen LogP contribution in [0.3, 0.4) is 0 Å². The molecule has 18 heavy (non-hydrogen) atoms. The van der Waals surface area contributed by atoms with E-state index in [1.54, 1.807) is 0 Å². The predicted molar refractivity (Wildman–Crippen MR) is 68.8 cm³/mol. The van der Waals surface area contributed by atoms with Crippen LogP contribution in [0.25, 0.3) is 0 Å². The molecule has 0 spiro atoms. The molecule has 2 aliphatic rings. The van der Waals surface area contributed by atoms with E-state index in [-0.39, 0.29) is 11.9 Å². The summed E-state index contributed by atoms with van der Waals surface area (Å²) >= 11 is 0. The Morgan fingerprint density at radius 2 is 1.78 bits per heavy atom. The van der Waals surface area contributed by atoms with E-state index in [1.165, 1.54) is 0 Å². The fraction of sp³-hybridized carbons (Fsp3) is 1.00. The Morgan fingerprint density at radius 3 is 2.33 bits per heavy atom. The second-order valence-electron chi connectivity index (χ2n) is 5.46. The van der Waals surface area contributed by atoms with Crippen LogP contribution in [0.5, 0.6) is 0 Å². The van der Waals surface area contributed by atoms with E-state index in [0.717, 1.165) is 32.1 Å². The average molecular weight is 277 g/mol. The molecule has 2 N–H and O–H groups in total. The molecule has 0 unspecified atom stereocenters. The summed E-state index contributed by atoms with van der Waals surface area (Å²) in [5.74, 6) is 0. The monoisotopic (exact) mass is 277 g/mol. The highest BCUT2D eigenvalue weighted by atomic mass is 32.2. The molecular formula is C12H23NO4S. The van der Waals surface area contributed by atoms with Gasteiger partial charge in [0.2, 0.25) is 10.0 Å². The van der Waals surface area contributed by atoms with Crippen molar-refractivity contribution in [2.24, 2.45) is 0 Å². The van der Waals surface area contributed by atoms with Crippen LogP contribution < -0.4 is 4.72 Å². The zero-order valence-electron chi connectivity index (χ0n) is 10.7. The van der Waals surface area contributed by atoms with E-state index >= 15 is 0 Å². The van der Waals surface area contributed by atoms with Crippen LogP contribution >= 0.6 is 0 Å². The van der Waals surface area contributed by atoms with Crippen LogP contribution in [0.15, 0.2) is 0 Å². The van der Waals surface area contributed by atoms with Crippen molar-refractivity contribution in [3.8, 4) is 0 Å². The highest BCUT2D eigenvalue weighted by molar-refractivity contribution is 7.90. The van der Waals surface area contributed by atoms with E-state index in [1.807, 2.05) is 0 Å². The first kappa shape index (κ1) is 14.2. The lowest BCUT2D eigenvalue weighted by Gasteiger charge is -2.37. The van der Waals surface area contributed by atoms with Crippen LogP contribution in [0.4, 0.5) is 0 Å². The lowest BCUT2D eigenvalue weighted by molar-refractivity contribution is 0.0968. The Balaban J connectivity index is 2.05. The molecule has 0 aromatic heterocycles. The number of nitrogens with one attached hydrogen (secondary N) is 1. The molecule has 1 heterocycles. The number of sulfonamides is 1. The second kappa shape index (κ2) is 5.86. The van der Waals surface area contributed by atoms with Gasteiger partial charge in [-0.05, 0) is 25.7 Å². The first-order valence-electron chi connectivity index (χ1n) is 6.79. The van der Waals surface area contributed by atoms with Gasteiger partial charge >= 0.3 is 0 Å². The van der Waals surface area contributed by atoms with Crippen LogP contribution in [-0.4, -0.2) is 44.1 Å². The fourth-order valence-electron chi connectivity index (χ4n) is 2.89. The van der Waals surface area contributed by atoms with Gasteiger partial charge in [-0.3, -0.25) is 0 Å². The van der Waals surface area contributed by atoms with Crippen LogP contribution in [0.2, 0.25) is 0 Å². The van der Waals surface area contributed by atoms with Crippen molar-refractivity contribution in [1.29, 1.82) is 0 Å². The maximum atomic E-state index is 12.3. The van der Waals surface area contributed by atoms with Crippen molar-refractivity contribution >= 4 is 10.0 Å². The van der Waals surface area contributed by atoms with Gasteiger partial charge in [0.15, 0.2) is 0 Å². The van der Waals surface area contributed by atoms with Crippen molar-refractivity contribution in [1.82, 2.24) is 4.72 Å². The number of hydrogen-bond acceptors (Lipinski definition) is 4. The van der Waals surface area contributed by atoms with Crippen LogP contribution in [0, 0.1) is 0 Å². The summed E-state index contributed by atoms with van der Waals surface area (Å²) in [5, 5.41) is 9.19. The summed E-state index contributed by atoms with van der Waals surface area (Å²) in [6.45, 7) is 0.921. The summed E-state index contributed by atoms with van der Waals surface area (Å²) in [6.07, 6.45) is 5.68. The molecule has 0 aromatic rings. The van der Waals surface area contributed by atoms with Gasteiger partial charge in [-0.15, -0.1) is 0 Å². The minimum atomic E-state index is -3.34. The van der Waals surface area contributed by atoms with Crippen LogP contribution in [0.1, 0.15) is 44.9 Å². The minimum Gasteiger partial charge on any atom is -0.394 e. The smallest absolute Gasteiger partial charge is 0.215 e. The molecule has 0 aromatic carbocycles. The fourth-order valence-corrected chi connectivity index (χ4v) is 4.74. The predicted octanol–water partition coefficient (Wildman–Crippen LogP) is 0.780. The maximum Gasteiger partial charge on any atom is 0.215 e. The standard InChI is InChI=1S/C12H23NO4S/c14-10-12(6-2-1-3-7-12)13-18(15,16)11-4-8-17-9-5-11/h11,13-14H,1-10H2. The van der Waals surface area contributed by atoms with E-state index in [4.69, 9.17) is 4.74 Å². The van der Waals surface area contributed by atoms with E-state index in [0.29, 0.717) is 26.1 Å². The zero-order valence-corrected chi connectivity index (χ0v) is 11.5. The first-order valence-corrected chi connectivity index (χ1v) is 8.34. The Kier molecular flexibility index (Phi) is 4.64. The molecule has 6 heteroatoms. The van der Waals surface area contributed by atoms with Crippen LogP contribution in [-0.2, 0) is 14.8 Å². The Hall–Kier alpha value is -0.170. The molecule has 1 saturated heterocycles. The summed E-state index contributed by atoms with van der Waals surface area (Å²) in [4.78, 5) is 0. The summed E-state index contributed by atoms with van der Waals surface area (Å²) in [5.41, 5.74) is -0.616. The topological polar surface area (TPSA) is 75.6 Å². The van der Waals surface area contributed by atoms with E-state index < -0.39 is 15.6 Å². The molecule has 2 rings (SSSR count). The molecule has 0 amide bonds. The minimum absolute atomic E-state index is 0.102. The summed E-state index contributed by atoms with van der Waals surface area (Å²) in [7, 11) is -3.34. The number of aliphatic hydroxyl groups is 1. The first-order chi connectivity index (χ1) is 8.58. The summed E-state index contributed by atoms with van der Waals surface area (Å²) < 4.78 is 32.7. The highest BCUT2D eigenvalue weighted by Gasteiger charge is 2.38. The van der Waals surface area contributed by atoms with Gasteiger partial charge in [-0.25, -0.2) is 13.1 Å². The quantitative estimate of drug-likeness (QED) is 0.796. The second-order valence-corrected chi connectivity index (χ2v) is 7.42. The Bertz CT molecular complexity index is 356. The SMILES string of the molecule is O=S(=O)(NC1(CO)CCCCC1)C1CCOCC1. The third-order valence-electron chi connectivity index (χ3n) is 4.08. The lowest BCUT2D eigenvalue weighted by atomic mass is 9.83. The number of aliphatic hydroxyl groups excluding tert-OH is 1. The average Bonchev–Trinajstić information content (AvgIpc) is 2.40. The Labute approximate surface area is 109 Å². The van der Waals surface area contributed by atoms with Crippen molar-refractivity contribution < 1.29 is 18.3 Å². The molecule has 0 radical (unpaired) electrons. The molecule has 0 bridgehead atoms. The molecule has 1 aliphatic carbocycles. The van der Waals surface area contributed by atoms with Gasteiger partial charge in [0.05, 0.1) is 17.4 Å². The van der Waals surface area contributed by atoms with Gasteiger partial charge < -0.3 is 9.84 Å². The lowest BCUT2D eigenvalue weighted by Crippen LogP contribution is -2.55. The number of hydrogen-bond donors (Lipinski definition) is 2. The Morgan fingerprint density at radius 1 is 1.17 bits per heavy atom. The van der Waals surface area contributed by atoms with Gasteiger partial charge in [0, 0.05) is 13.2 Å². The normalized spacial score (nSPS) is 26.1. The molecule has 106 valence electrons. The highest BCUT2D eigenvalue weighted by Crippen LogP contribution is 2.29. The third kappa shape index (κ3) is 3.23. The van der Waals surface area contributed by atoms with Gasteiger partial charge in [0.25, 0.3) is 0 Å². The van der Waals surface area contributed by atoms with Gasteiger partial charge in [0.1, 0.15) is 0 Å². The summed E-state index contributed by atoms with van der Waals surface area (Å²) in [6, 6.07) is 0. The molecule has 5 nitrogen and oxygen atoms in total.